The number of halogens is 2. The first-order valence-electron chi connectivity index (χ1n) is 6.03. The fourth-order valence-electron chi connectivity index (χ4n) is 1.72. The minimum Gasteiger partial charge on any atom is -0.352 e. The number of carbonyl (C=O) groups excluding carboxylic acids is 1. The van der Waals surface area contributed by atoms with Gasteiger partial charge in [0.15, 0.2) is 0 Å². The van der Waals surface area contributed by atoms with E-state index < -0.39 is 11.6 Å². The number of thiol groups is 1. The highest BCUT2D eigenvalue weighted by Crippen LogP contribution is 2.10. The van der Waals surface area contributed by atoms with Crippen molar-refractivity contribution in [3.63, 3.8) is 0 Å². The van der Waals surface area contributed by atoms with Gasteiger partial charge < -0.3 is 5.32 Å². The largest absolute Gasteiger partial charge is 0.352 e. The van der Waals surface area contributed by atoms with E-state index in [-0.39, 0.29) is 24.4 Å². The third-order valence-electron chi connectivity index (χ3n) is 2.79. The van der Waals surface area contributed by atoms with Crippen LogP contribution in [0, 0.1) is 11.6 Å². The predicted octanol–water partition coefficient (Wildman–Crippen LogP) is 3.11. The average molecular weight is 293 g/mol. The number of hydrogen-bond donors (Lipinski definition) is 2. The first-order valence-corrected chi connectivity index (χ1v) is 6.48. The standard InChI is InChI=1S/C15H13F2NOS/c16-12-4-3-11(14(17)8-12)9-18-15(19)7-10-1-5-13(20)6-2-10/h1-6,8,20H,7,9H2,(H,18,19). The smallest absolute Gasteiger partial charge is 0.224 e. The Morgan fingerprint density at radius 2 is 1.80 bits per heavy atom. The molecule has 2 aromatic rings. The molecule has 0 unspecified atom stereocenters. The normalized spacial score (nSPS) is 10.3. The zero-order chi connectivity index (χ0) is 14.5. The molecule has 0 radical (unpaired) electrons. The fraction of sp³-hybridized carbons (Fsp3) is 0.133. The van der Waals surface area contributed by atoms with Crippen LogP contribution >= 0.6 is 12.6 Å². The zero-order valence-corrected chi connectivity index (χ0v) is 11.5. The van der Waals surface area contributed by atoms with Crippen LogP contribution in [-0.4, -0.2) is 5.91 Å². The maximum Gasteiger partial charge on any atom is 0.224 e. The summed E-state index contributed by atoms with van der Waals surface area (Å²) >= 11 is 4.16. The lowest BCUT2D eigenvalue weighted by Gasteiger charge is -2.07. The summed E-state index contributed by atoms with van der Waals surface area (Å²) in [6, 6.07) is 10.5. The van der Waals surface area contributed by atoms with Gasteiger partial charge in [-0.3, -0.25) is 4.79 Å². The highest BCUT2D eigenvalue weighted by Gasteiger charge is 2.07. The molecule has 0 aliphatic heterocycles. The molecule has 0 bridgehead atoms. The highest BCUT2D eigenvalue weighted by molar-refractivity contribution is 7.80. The van der Waals surface area contributed by atoms with Crippen LogP contribution in [0.25, 0.3) is 0 Å². The molecule has 0 spiro atoms. The molecular weight excluding hydrogens is 280 g/mol. The van der Waals surface area contributed by atoms with Crippen molar-refractivity contribution in [2.24, 2.45) is 0 Å². The monoisotopic (exact) mass is 293 g/mol. The third-order valence-corrected chi connectivity index (χ3v) is 3.09. The summed E-state index contributed by atoms with van der Waals surface area (Å²) in [7, 11) is 0. The molecule has 20 heavy (non-hydrogen) atoms. The van der Waals surface area contributed by atoms with Gasteiger partial charge in [0, 0.05) is 23.1 Å². The van der Waals surface area contributed by atoms with E-state index in [0.29, 0.717) is 0 Å². The number of rotatable bonds is 4. The molecule has 0 fully saturated rings. The van der Waals surface area contributed by atoms with Gasteiger partial charge in [-0.1, -0.05) is 18.2 Å². The van der Waals surface area contributed by atoms with E-state index in [2.05, 4.69) is 17.9 Å². The summed E-state index contributed by atoms with van der Waals surface area (Å²) in [5.74, 6) is -1.52. The van der Waals surface area contributed by atoms with Crippen molar-refractivity contribution in [1.82, 2.24) is 5.32 Å². The van der Waals surface area contributed by atoms with Crippen LogP contribution in [0.5, 0.6) is 0 Å². The van der Waals surface area contributed by atoms with Crippen molar-refractivity contribution in [3.8, 4) is 0 Å². The molecule has 1 N–H and O–H groups in total. The van der Waals surface area contributed by atoms with Crippen molar-refractivity contribution in [2.75, 3.05) is 0 Å². The SMILES string of the molecule is O=C(Cc1ccc(S)cc1)NCc1ccc(F)cc1F. The van der Waals surface area contributed by atoms with Gasteiger partial charge in [-0.05, 0) is 23.8 Å². The summed E-state index contributed by atoms with van der Waals surface area (Å²) in [6.45, 7) is 0.0373. The molecular formula is C15H13F2NOS. The lowest BCUT2D eigenvalue weighted by Crippen LogP contribution is -2.25. The second-order valence-corrected chi connectivity index (χ2v) is 4.87. The first kappa shape index (κ1) is 14.5. The Balaban J connectivity index is 1.90. The fourth-order valence-corrected chi connectivity index (χ4v) is 1.87. The molecule has 0 aliphatic rings. The minimum absolute atomic E-state index is 0.0373. The van der Waals surface area contributed by atoms with Crippen molar-refractivity contribution < 1.29 is 13.6 Å². The molecule has 0 atom stereocenters. The highest BCUT2D eigenvalue weighted by atomic mass is 32.1. The van der Waals surface area contributed by atoms with Crippen molar-refractivity contribution in [1.29, 1.82) is 0 Å². The van der Waals surface area contributed by atoms with Crippen LogP contribution in [0.1, 0.15) is 11.1 Å². The maximum atomic E-state index is 13.4. The first-order chi connectivity index (χ1) is 9.54. The lowest BCUT2D eigenvalue weighted by atomic mass is 10.1. The summed E-state index contributed by atoms with van der Waals surface area (Å²) in [4.78, 5) is 12.5. The molecule has 0 saturated carbocycles. The topological polar surface area (TPSA) is 29.1 Å². The van der Waals surface area contributed by atoms with Crippen molar-refractivity contribution in [3.05, 3.63) is 65.2 Å². The van der Waals surface area contributed by atoms with Gasteiger partial charge in [0.1, 0.15) is 11.6 Å². The molecule has 0 saturated heterocycles. The molecule has 2 aromatic carbocycles. The summed E-state index contributed by atoms with van der Waals surface area (Å²) in [5, 5.41) is 2.60. The zero-order valence-electron chi connectivity index (χ0n) is 10.6. The van der Waals surface area contributed by atoms with E-state index in [1.807, 2.05) is 0 Å². The number of hydrogen-bond acceptors (Lipinski definition) is 2. The van der Waals surface area contributed by atoms with Gasteiger partial charge in [-0.2, -0.15) is 0 Å². The van der Waals surface area contributed by atoms with Gasteiger partial charge in [0.2, 0.25) is 5.91 Å². The number of nitrogens with one attached hydrogen (secondary N) is 1. The van der Waals surface area contributed by atoms with Crippen LogP contribution in [0.3, 0.4) is 0 Å². The molecule has 5 heteroatoms. The van der Waals surface area contributed by atoms with E-state index in [0.717, 1.165) is 22.6 Å². The Kier molecular flexibility index (Phi) is 4.74. The van der Waals surface area contributed by atoms with E-state index in [9.17, 15) is 13.6 Å². The Morgan fingerprint density at radius 1 is 1.10 bits per heavy atom. The third kappa shape index (κ3) is 4.06. The number of benzene rings is 2. The van der Waals surface area contributed by atoms with Crippen molar-refractivity contribution >= 4 is 18.5 Å². The second-order valence-electron chi connectivity index (χ2n) is 4.36. The van der Waals surface area contributed by atoms with Crippen LogP contribution in [-0.2, 0) is 17.8 Å². The van der Waals surface area contributed by atoms with Gasteiger partial charge in [-0.25, -0.2) is 8.78 Å². The molecule has 0 aromatic heterocycles. The number of amides is 1. The Labute approximate surface area is 121 Å². The van der Waals surface area contributed by atoms with Crippen LogP contribution in [0.4, 0.5) is 8.78 Å². The molecule has 2 rings (SSSR count). The van der Waals surface area contributed by atoms with Gasteiger partial charge in [0.05, 0.1) is 6.42 Å². The summed E-state index contributed by atoms with van der Waals surface area (Å²) in [5.41, 5.74) is 1.10. The minimum atomic E-state index is -0.662. The number of carbonyl (C=O) groups is 1. The molecule has 0 aliphatic carbocycles. The van der Waals surface area contributed by atoms with E-state index in [1.54, 1.807) is 24.3 Å². The lowest BCUT2D eigenvalue weighted by molar-refractivity contribution is -0.120. The van der Waals surface area contributed by atoms with Gasteiger partial charge in [-0.15, -0.1) is 12.6 Å². The van der Waals surface area contributed by atoms with E-state index in [4.69, 9.17) is 0 Å². The molecule has 0 heterocycles. The van der Waals surface area contributed by atoms with E-state index in [1.165, 1.54) is 6.07 Å². The quantitative estimate of drug-likeness (QED) is 0.833. The predicted molar refractivity (Wildman–Crippen MR) is 75.6 cm³/mol. The Bertz CT molecular complexity index is 614. The maximum absolute atomic E-state index is 13.4. The van der Waals surface area contributed by atoms with Gasteiger partial charge in [0.25, 0.3) is 0 Å². The van der Waals surface area contributed by atoms with Gasteiger partial charge >= 0.3 is 0 Å². The summed E-state index contributed by atoms with van der Waals surface area (Å²) in [6.07, 6.45) is 0.205. The molecule has 2 nitrogen and oxygen atoms in total. The molecule has 104 valence electrons. The van der Waals surface area contributed by atoms with E-state index >= 15 is 0 Å². The molecule has 1 amide bonds. The Hall–Kier alpha value is -1.88. The summed E-state index contributed by atoms with van der Waals surface area (Å²) < 4.78 is 26.1. The van der Waals surface area contributed by atoms with Crippen LogP contribution < -0.4 is 5.32 Å². The average Bonchev–Trinajstić information content (AvgIpc) is 2.40. The second kappa shape index (κ2) is 6.52. The van der Waals surface area contributed by atoms with Crippen molar-refractivity contribution in [2.45, 2.75) is 17.9 Å². The van der Waals surface area contributed by atoms with Crippen LogP contribution in [0.15, 0.2) is 47.4 Å². The Morgan fingerprint density at radius 3 is 2.45 bits per heavy atom. The van der Waals surface area contributed by atoms with Crippen LogP contribution in [0.2, 0.25) is 0 Å².